The molecule has 0 N–H and O–H groups in total. The lowest BCUT2D eigenvalue weighted by atomic mass is 9.98. The molecule has 1 saturated carbocycles. The van der Waals surface area contributed by atoms with Crippen molar-refractivity contribution in [3.05, 3.63) is 12.0 Å². The van der Waals surface area contributed by atoms with E-state index in [1.807, 2.05) is 0 Å². The largest absolute Gasteiger partial charge is 0.447 e. The van der Waals surface area contributed by atoms with Crippen molar-refractivity contribution in [2.45, 2.75) is 44.1 Å². The fourth-order valence-corrected chi connectivity index (χ4v) is 1.85. The van der Waals surface area contributed by atoms with Crippen molar-refractivity contribution in [3.8, 4) is 6.08 Å². The summed E-state index contributed by atoms with van der Waals surface area (Å²) in [4.78, 5) is 4.10. The Labute approximate surface area is 88.4 Å². The van der Waals surface area contributed by atoms with Gasteiger partial charge in [-0.1, -0.05) is 6.42 Å². The third-order valence-electron chi connectivity index (χ3n) is 2.49. The first-order valence-corrected chi connectivity index (χ1v) is 5.59. The Morgan fingerprint density at radius 2 is 2.21 bits per heavy atom. The Morgan fingerprint density at radius 3 is 2.86 bits per heavy atom. The van der Waals surface area contributed by atoms with E-state index in [1.165, 1.54) is 19.3 Å². The van der Waals surface area contributed by atoms with Gasteiger partial charge < -0.3 is 9.15 Å². The van der Waals surface area contributed by atoms with Crippen LogP contribution >= 0.6 is 11.6 Å². The molecule has 3 nitrogen and oxygen atoms in total. The van der Waals surface area contributed by atoms with Crippen molar-refractivity contribution in [1.82, 2.24) is 4.98 Å². The highest BCUT2D eigenvalue weighted by Crippen LogP contribution is 2.23. The fourth-order valence-electron chi connectivity index (χ4n) is 1.73. The second kappa shape index (κ2) is 4.69. The zero-order chi connectivity index (χ0) is 9.80. The molecule has 0 atom stereocenters. The first-order chi connectivity index (χ1) is 6.88. The molecule has 2 rings (SSSR count). The van der Waals surface area contributed by atoms with Crippen LogP contribution in [0.1, 0.15) is 37.8 Å². The van der Waals surface area contributed by atoms with Crippen LogP contribution in [0.25, 0.3) is 0 Å². The summed E-state index contributed by atoms with van der Waals surface area (Å²) in [6.45, 7) is 0. The van der Waals surface area contributed by atoms with Crippen LogP contribution < -0.4 is 4.74 Å². The van der Waals surface area contributed by atoms with Gasteiger partial charge in [0.2, 0.25) is 0 Å². The highest BCUT2D eigenvalue weighted by molar-refractivity contribution is 6.16. The molecular formula is C10H14ClNO2. The number of rotatable bonds is 3. The predicted octanol–water partition coefficient (Wildman–Crippen LogP) is 3.12. The third kappa shape index (κ3) is 2.41. The SMILES string of the molecule is ClCc1coc(OC2CCCCC2)n1. The maximum absolute atomic E-state index is 5.60. The summed E-state index contributed by atoms with van der Waals surface area (Å²) in [5.41, 5.74) is 0.734. The average Bonchev–Trinajstić information content (AvgIpc) is 2.67. The molecule has 0 amide bonds. The molecule has 78 valence electrons. The van der Waals surface area contributed by atoms with Gasteiger partial charge in [0, 0.05) is 0 Å². The summed E-state index contributed by atoms with van der Waals surface area (Å²) >= 11 is 5.60. The normalized spacial score (nSPS) is 18.4. The second-order valence-electron chi connectivity index (χ2n) is 3.62. The van der Waals surface area contributed by atoms with Crippen LogP contribution in [0.15, 0.2) is 10.7 Å². The maximum Gasteiger partial charge on any atom is 0.394 e. The lowest BCUT2D eigenvalue weighted by molar-refractivity contribution is 0.113. The number of hydrogen-bond acceptors (Lipinski definition) is 3. The van der Waals surface area contributed by atoms with Gasteiger partial charge in [0.05, 0.1) is 11.6 Å². The van der Waals surface area contributed by atoms with E-state index in [2.05, 4.69) is 4.98 Å². The summed E-state index contributed by atoms with van der Waals surface area (Å²) in [5.74, 6) is 0.373. The average molecular weight is 216 g/mol. The Hall–Kier alpha value is -0.700. The molecule has 0 saturated heterocycles. The van der Waals surface area contributed by atoms with Gasteiger partial charge in [-0.15, -0.1) is 11.6 Å². The molecule has 1 heterocycles. The van der Waals surface area contributed by atoms with Crippen molar-refractivity contribution >= 4 is 11.6 Å². The predicted molar refractivity (Wildman–Crippen MR) is 53.6 cm³/mol. The summed E-state index contributed by atoms with van der Waals surface area (Å²) in [6, 6.07) is 0. The van der Waals surface area contributed by atoms with E-state index in [1.54, 1.807) is 6.26 Å². The summed E-state index contributed by atoms with van der Waals surface area (Å²) < 4.78 is 10.7. The van der Waals surface area contributed by atoms with E-state index in [0.717, 1.165) is 18.5 Å². The standard InChI is InChI=1S/C10H14ClNO2/c11-6-8-7-13-10(12-8)14-9-4-2-1-3-5-9/h7,9H,1-6H2. The molecule has 0 bridgehead atoms. The van der Waals surface area contributed by atoms with Crippen molar-refractivity contribution in [1.29, 1.82) is 0 Å². The molecule has 0 aliphatic heterocycles. The monoisotopic (exact) mass is 215 g/mol. The highest BCUT2D eigenvalue weighted by Gasteiger charge is 2.17. The van der Waals surface area contributed by atoms with Gasteiger partial charge in [-0.3, -0.25) is 0 Å². The number of oxazole rings is 1. The van der Waals surface area contributed by atoms with E-state index in [4.69, 9.17) is 20.8 Å². The van der Waals surface area contributed by atoms with E-state index >= 15 is 0 Å². The number of alkyl halides is 1. The second-order valence-corrected chi connectivity index (χ2v) is 3.88. The van der Waals surface area contributed by atoms with Crippen molar-refractivity contribution in [2.24, 2.45) is 0 Å². The maximum atomic E-state index is 5.60. The molecule has 0 spiro atoms. The summed E-state index contributed by atoms with van der Waals surface area (Å²) in [5, 5.41) is 0. The Bertz CT molecular complexity index is 281. The molecule has 0 aromatic carbocycles. The Kier molecular flexibility index (Phi) is 3.30. The van der Waals surface area contributed by atoms with Crippen molar-refractivity contribution < 1.29 is 9.15 Å². The Balaban J connectivity index is 1.89. The smallest absolute Gasteiger partial charge is 0.394 e. The fraction of sp³-hybridized carbons (Fsp3) is 0.700. The number of nitrogens with zero attached hydrogens (tertiary/aromatic N) is 1. The van der Waals surface area contributed by atoms with E-state index in [9.17, 15) is 0 Å². The van der Waals surface area contributed by atoms with Crippen LogP contribution in [0.2, 0.25) is 0 Å². The Morgan fingerprint density at radius 1 is 1.43 bits per heavy atom. The summed E-state index contributed by atoms with van der Waals surface area (Å²) in [7, 11) is 0. The van der Waals surface area contributed by atoms with Crippen molar-refractivity contribution in [3.63, 3.8) is 0 Å². The number of ether oxygens (including phenoxy) is 1. The molecule has 1 aliphatic rings. The zero-order valence-electron chi connectivity index (χ0n) is 8.04. The van der Waals surface area contributed by atoms with E-state index in [0.29, 0.717) is 12.0 Å². The molecule has 1 aromatic heterocycles. The lowest BCUT2D eigenvalue weighted by Gasteiger charge is -2.20. The lowest BCUT2D eigenvalue weighted by Crippen LogP contribution is -2.19. The van der Waals surface area contributed by atoms with Gasteiger partial charge >= 0.3 is 6.08 Å². The van der Waals surface area contributed by atoms with Gasteiger partial charge in [-0.05, 0) is 25.7 Å². The highest BCUT2D eigenvalue weighted by atomic mass is 35.5. The molecule has 1 aliphatic carbocycles. The minimum Gasteiger partial charge on any atom is -0.447 e. The topological polar surface area (TPSA) is 35.3 Å². The summed E-state index contributed by atoms with van der Waals surface area (Å²) in [6.07, 6.45) is 8.22. The number of hydrogen-bond donors (Lipinski definition) is 0. The van der Waals surface area contributed by atoms with Crippen LogP contribution in [0.5, 0.6) is 6.08 Å². The first-order valence-electron chi connectivity index (χ1n) is 5.05. The van der Waals surface area contributed by atoms with Crippen LogP contribution in [0.3, 0.4) is 0 Å². The van der Waals surface area contributed by atoms with E-state index < -0.39 is 0 Å². The minimum absolute atomic E-state index is 0.283. The molecule has 14 heavy (non-hydrogen) atoms. The third-order valence-corrected chi connectivity index (χ3v) is 2.76. The van der Waals surface area contributed by atoms with Gasteiger partial charge in [0.15, 0.2) is 0 Å². The van der Waals surface area contributed by atoms with Crippen molar-refractivity contribution in [2.75, 3.05) is 0 Å². The van der Waals surface area contributed by atoms with Crippen LogP contribution in [0.4, 0.5) is 0 Å². The van der Waals surface area contributed by atoms with Crippen LogP contribution in [-0.2, 0) is 5.88 Å². The van der Waals surface area contributed by atoms with Gasteiger partial charge in [-0.2, -0.15) is 4.98 Å². The van der Waals surface area contributed by atoms with E-state index in [-0.39, 0.29) is 6.10 Å². The quantitative estimate of drug-likeness (QED) is 0.727. The molecular weight excluding hydrogens is 202 g/mol. The van der Waals surface area contributed by atoms with Crippen LogP contribution in [-0.4, -0.2) is 11.1 Å². The number of aromatic nitrogens is 1. The molecule has 0 unspecified atom stereocenters. The minimum atomic E-state index is 0.283. The molecule has 1 aromatic rings. The molecule has 4 heteroatoms. The number of halogens is 1. The first kappa shape index (κ1) is 9.84. The van der Waals surface area contributed by atoms with Crippen LogP contribution in [0, 0.1) is 0 Å². The van der Waals surface area contributed by atoms with Gasteiger partial charge in [0.1, 0.15) is 12.4 Å². The molecule has 0 radical (unpaired) electrons. The van der Waals surface area contributed by atoms with Gasteiger partial charge in [-0.25, -0.2) is 0 Å². The molecule has 1 fully saturated rings. The zero-order valence-corrected chi connectivity index (χ0v) is 8.79. The van der Waals surface area contributed by atoms with Gasteiger partial charge in [0.25, 0.3) is 0 Å².